The van der Waals surface area contributed by atoms with Gasteiger partial charge in [0.1, 0.15) is 5.75 Å². The highest BCUT2D eigenvalue weighted by Crippen LogP contribution is 2.45. The summed E-state index contributed by atoms with van der Waals surface area (Å²) in [5.41, 5.74) is 5.29. The van der Waals surface area contributed by atoms with E-state index in [0.717, 1.165) is 25.8 Å². The van der Waals surface area contributed by atoms with E-state index in [9.17, 15) is 5.11 Å². The number of nitrogens with zero attached hydrogens (tertiary/aromatic N) is 1. The highest BCUT2D eigenvalue weighted by molar-refractivity contribution is 9.10. The third-order valence-corrected chi connectivity index (χ3v) is 6.45. The number of rotatable bonds is 0. The van der Waals surface area contributed by atoms with E-state index in [-0.39, 0.29) is 5.75 Å². The summed E-state index contributed by atoms with van der Waals surface area (Å²) >= 11 is 9.88. The van der Waals surface area contributed by atoms with Gasteiger partial charge in [0.25, 0.3) is 0 Å². The summed E-state index contributed by atoms with van der Waals surface area (Å²) in [6.45, 7) is 1.03. The predicted octanol–water partition coefficient (Wildman–Crippen LogP) is 4.74. The Hall–Kier alpha value is -1.03. The number of hydrogen-bond acceptors (Lipinski definition) is 2. The SMILES string of the molecule is CN1CCc2cc(Cl)c(O)cc2C2c3cccc(Br)c3CC[C@@H]21. The maximum Gasteiger partial charge on any atom is 0.134 e. The summed E-state index contributed by atoms with van der Waals surface area (Å²) in [7, 11) is 2.22. The van der Waals surface area contributed by atoms with Gasteiger partial charge in [-0.2, -0.15) is 0 Å². The monoisotopic (exact) mass is 391 g/mol. The lowest BCUT2D eigenvalue weighted by molar-refractivity contribution is 0.214. The number of fused-ring (bicyclic) bond motifs is 5. The van der Waals surface area contributed by atoms with Crippen LogP contribution >= 0.6 is 27.5 Å². The number of halogens is 2. The highest BCUT2D eigenvalue weighted by Gasteiger charge is 2.37. The van der Waals surface area contributed by atoms with Crippen molar-refractivity contribution in [3.05, 3.63) is 62.1 Å². The van der Waals surface area contributed by atoms with Crippen molar-refractivity contribution in [3.8, 4) is 5.75 Å². The third kappa shape index (κ3) is 2.50. The van der Waals surface area contributed by atoms with Gasteiger partial charge in [0, 0.05) is 23.0 Å². The summed E-state index contributed by atoms with van der Waals surface area (Å²) in [5, 5.41) is 10.6. The first-order valence-electron chi connectivity index (χ1n) is 8.05. The van der Waals surface area contributed by atoms with Crippen LogP contribution in [0.3, 0.4) is 0 Å². The molecule has 2 aromatic rings. The fraction of sp³-hybridized carbons (Fsp3) is 0.368. The lowest BCUT2D eigenvalue weighted by Gasteiger charge is -2.38. The van der Waals surface area contributed by atoms with E-state index in [1.165, 1.54) is 26.7 Å². The molecule has 2 aromatic carbocycles. The summed E-state index contributed by atoms with van der Waals surface area (Å²) in [6.07, 6.45) is 3.21. The molecule has 1 aliphatic heterocycles. The molecule has 1 N–H and O–H groups in total. The molecule has 4 heteroatoms. The lowest BCUT2D eigenvalue weighted by atomic mass is 9.74. The molecular formula is C19H19BrClNO. The molecule has 0 saturated carbocycles. The van der Waals surface area contributed by atoms with Crippen molar-refractivity contribution in [3.63, 3.8) is 0 Å². The van der Waals surface area contributed by atoms with Gasteiger partial charge in [-0.05, 0) is 66.8 Å². The minimum absolute atomic E-state index is 0.191. The Morgan fingerprint density at radius 2 is 2.04 bits per heavy atom. The van der Waals surface area contributed by atoms with E-state index in [1.54, 1.807) is 0 Å². The van der Waals surface area contributed by atoms with E-state index in [0.29, 0.717) is 17.0 Å². The molecule has 1 aliphatic carbocycles. The number of phenols is 1. The van der Waals surface area contributed by atoms with Crippen molar-refractivity contribution in [2.75, 3.05) is 13.6 Å². The van der Waals surface area contributed by atoms with Crippen molar-refractivity contribution < 1.29 is 5.11 Å². The first-order valence-corrected chi connectivity index (χ1v) is 9.22. The van der Waals surface area contributed by atoms with Crippen LogP contribution in [-0.2, 0) is 12.8 Å². The Morgan fingerprint density at radius 3 is 2.87 bits per heavy atom. The number of likely N-dealkylation sites (N-methyl/N-ethyl adjacent to an activating group) is 1. The van der Waals surface area contributed by atoms with Crippen LogP contribution in [0.25, 0.3) is 0 Å². The van der Waals surface area contributed by atoms with E-state index in [1.807, 2.05) is 12.1 Å². The molecule has 120 valence electrons. The molecule has 0 radical (unpaired) electrons. The quantitative estimate of drug-likeness (QED) is 0.700. The first-order chi connectivity index (χ1) is 11.1. The minimum atomic E-state index is 0.191. The molecule has 2 nitrogen and oxygen atoms in total. The molecule has 0 fully saturated rings. The van der Waals surface area contributed by atoms with Crippen LogP contribution in [0, 0.1) is 0 Å². The minimum Gasteiger partial charge on any atom is -0.506 e. The van der Waals surface area contributed by atoms with Crippen LogP contribution < -0.4 is 0 Å². The van der Waals surface area contributed by atoms with Crippen molar-refractivity contribution in [1.29, 1.82) is 0 Å². The molecule has 0 saturated heterocycles. The average molecular weight is 393 g/mol. The smallest absolute Gasteiger partial charge is 0.134 e. The van der Waals surface area contributed by atoms with Crippen molar-refractivity contribution >= 4 is 27.5 Å². The average Bonchev–Trinajstić information content (AvgIpc) is 2.67. The van der Waals surface area contributed by atoms with Gasteiger partial charge in [0.05, 0.1) is 5.02 Å². The van der Waals surface area contributed by atoms with Gasteiger partial charge in [0.2, 0.25) is 0 Å². The zero-order valence-electron chi connectivity index (χ0n) is 13.0. The largest absolute Gasteiger partial charge is 0.506 e. The molecule has 23 heavy (non-hydrogen) atoms. The van der Waals surface area contributed by atoms with Gasteiger partial charge in [0.15, 0.2) is 0 Å². The predicted molar refractivity (Wildman–Crippen MR) is 97.5 cm³/mol. The molecule has 2 atom stereocenters. The number of phenolic OH excluding ortho intramolecular Hbond substituents is 1. The fourth-order valence-corrected chi connectivity index (χ4v) is 5.00. The maximum absolute atomic E-state index is 10.2. The van der Waals surface area contributed by atoms with Crippen LogP contribution in [0.15, 0.2) is 34.8 Å². The number of benzene rings is 2. The Bertz CT molecular complexity index is 776. The molecule has 2 aliphatic rings. The molecule has 0 amide bonds. The van der Waals surface area contributed by atoms with Crippen molar-refractivity contribution in [1.82, 2.24) is 4.90 Å². The van der Waals surface area contributed by atoms with E-state index in [4.69, 9.17) is 11.6 Å². The van der Waals surface area contributed by atoms with Crippen molar-refractivity contribution in [2.45, 2.75) is 31.2 Å². The topological polar surface area (TPSA) is 23.5 Å². The zero-order valence-corrected chi connectivity index (χ0v) is 15.4. The van der Waals surface area contributed by atoms with Gasteiger partial charge >= 0.3 is 0 Å². The third-order valence-electron chi connectivity index (χ3n) is 5.41. The van der Waals surface area contributed by atoms with E-state index in [2.05, 4.69) is 46.1 Å². The Balaban J connectivity index is 1.96. The molecule has 1 unspecified atom stereocenters. The van der Waals surface area contributed by atoms with E-state index < -0.39 is 0 Å². The first kappa shape index (κ1) is 15.5. The van der Waals surface area contributed by atoms with Crippen LogP contribution in [0.2, 0.25) is 5.02 Å². The standard InChI is InChI=1S/C19H19BrClNO/c1-22-8-7-11-9-16(21)18(23)10-14(11)19-13-3-2-4-15(20)12(13)5-6-17(19)22/h2-4,9-10,17,19,23H,5-8H2,1H3/t17-,19?/m0/s1. The lowest BCUT2D eigenvalue weighted by Crippen LogP contribution is -2.39. The van der Waals surface area contributed by atoms with Gasteiger partial charge < -0.3 is 10.0 Å². The number of hydrogen-bond donors (Lipinski definition) is 1. The maximum atomic E-state index is 10.2. The molecular weight excluding hydrogens is 374 g/mol. The summed E-state index contributed by atoms with van der Waals surface area (Å²) in [5.74, 6) is 0.484. The summed E-state index contributed by atoms with van der Waals surface area (Å²) in [6, 6.07) is 10.8. The van der Waals surface area contributed by atoms with Gasteiger partial charge in [-0.1, -0.05) is 39.7 Å². The van der Waals surface area contributed by atoms with Crippen molar-refractivity contribution in [2.24, 2.45) is 0 Å². The molecule has 0 spiro atoms. The second kappa shape index (κ2) is 5.80. The molecule has 1 heterocycles. The molecule has 0 bridgehead atoms. The molecule has 4 rings (SSSR count). The van der Waals surface area contributed by atoms with Gasteiger partial charge in [-0.3, -0.25) is 0 Å². The Morgan fingerprint density at radius 1 is 1.22 bits per heavy atom. The van der Waals surface area contributed by atoms with Gasteiger partial charge in [-0.15, -0.1) is 0 Å². The van der Waals surface area contributed by atoms with Gasteiger partial charge in [-0.25, -0.2) is 0 Å². The summed E-state index contributed by atoms with van der Waals surface area (Å²) < 4.78 is 1.19. The number of aromatic hydroxyl groups is 1. The fourth-order valence-electron chi connectivity index (χ4n) is 4.23. The zero-order chi connectivity index (χ0) is 16.1. The second-order valence-electron chi connectivity index (χ2n) is 6.62. The van der Waals surface area contributed by atoms with E-state index >= 15 is 0 Å². The summed E-state index contributed by atoms with van der Waals surface area (Å²) in [4.78, 5) is 2.47. The van der Waals surface area contributed by atoms with Crippen LogP contribution in [0.5, 0.6) is 5.75 Å². The van der Waals surface area contributed by atoms with Crippen LogP contribution in [-0.4, -0.2) is 29.6 Å². The Kier molecular flexibility index (Phi) is 3.91. The van der Waals surface area contributed by atoms with Crippen LogP contribution in [0.4, 0.5) is 0 Å². The molecule has 0 aromatic heterocycles. The second-order valence-corrected chi connectivity index (χ2v) is 7.89. The highest BCUT2D eigenvalue weighted by atomic mass is 79.9. The normalized spacial score (nSPS) is 23.6. The van der Waals surface area contributed by atoms with Crippen LogP contribution in [0.1, 0.15) is 34.6 Å². The Labute approximate surface area is 150 Å².